The van der Waals surface area contributed by atoms with Gasteiger partial charge in [0, 0.05) is 30.2 Å². The third kappa shape index (κ3) is 2.68. The number of pyridine rings is 1. The Morgan fingerprint density at radius 2 is 2.25 bits per heavy atom. The maximum atomic E-state index is 15.3. The Hall–Kier alpha value is -1.48. The largest absolute Gasteiger partial charge is 0.314 e. The summed E-state index contributed by atoms with van der Waals surface area (Å²) in [6.45, 7) is 2.72. The van der Waals surface area contributed by atoms with Crippen LogP contribution in [0.3, 0.4) is 0 Å². The molecule has 0 amide bonds. The lowest BCUT2D eigenvalue weighted by Crippen LogP contribution is -2.38. The third-order valence-electron chi connectivity index (χ3n) is 4.28. The minimum atomic E-state index is -1.31. The summed E-state index contributed by atoms with van der Waals surface area (Å²) >= 11 is 0. The number of halogens is 1. The predicted molar refractivity (Wildman–Crippen MR) is 80.5 cm³/mol. The molecule has 2 nitrogen and oxygen atoms in total. The number of alkyl halides is 1. The number of nitrogens with one attached hydrogen (secondary N) is 1. The Morgan fingerprint density at radius 1 is 1.35 bits per heavy atom. The Balaban J connectivity index is 1.91. The van der Waals surface area contributed by atoms with Crippen LogP contribution in [0, 0.1) is 0 Å². The first-order chi connectivity index (χ1) is 9.67. The highest BCUT2D eigenvalue weighted by Crippen LogP contribution is 2.36. The number of benzene rings is 1. The Kier molecular flexibility index (Phi) is 3.70. The topological polar surface area (TPSA) is 24.9 Å². The fourth-order valence-electron chi connectivity index (χ4n) is 3.25. The van der Waals surface area contributed by atoms with Crippen LogP contribution in [0.15, 0.2) is 36.7 Å². The summed E-state index contributed by atoms with van der Waals surface area (Å²) in [4.78, 5) is 4.12. The van der Waals surface area contributed by atoms with Crippen molar-refractivity contribution < 1.29 is 4.39 Å². The molecule has 2 atom stereocenters. The molecule has 106 valence electrons. The molecule has 3 heteroatoms. The van der Waals surface area contributed by atoms with Gasteiger partial charge in [-0.3, -0.25) is 4.98 Å². The average Bonchev–Trinajstić information content (AvgIpc) is 2.47. The van der Waals surface area contributed by atoms with Crippen LogP contribution < -0.4 is 5.32 Å². The van der Waals surface area contributed by atoms with Crippen LogP contribution in [0.4, 0.5) is 4.39 Å². The smallest absolute Gasteiger partial charge is 0.135 e. The fraction of sp³-hybridized carbons (Fsp3) is 0.471. The van der Waals surface area contributed by atoms with Gasteiger partial charge in [-0.1, -0.05) is 24.6 Å². The van der Waals surface area contributed by atoms with Gasteiger partial charge in [0.05, 0.1) is 0 Å². The van der Waals surface area contributed by atoms with E-state index in [4.69, 9.17) is 0 Å². The molecule has 20 heavy (non-hydrogen) atoms. The van der Waals surface area contributed by atoms with Crippen molar-refractivity contribution in [2.45, 2.75) is 44.3 Å². The lowest BCUT2D eigenvalue weighted by atomic mass is 9.85. The number of hydrogen-bond donors (Lipinski definition) is 1. The van der Waals surface area contributed by atoms with Crippen molar-refractivity contribution in [1.82, 2.24) is 10.3 Å². The summed E-state index contributed by atoms with van der Waals surface area (Å²) in [6.07, 6.45) is 7.56. The maximum absolute atomic E-state index is 15.3. The van der Waals surface area contributed by atoms with Gasteiger partial charge < -0.3 is 5.32 Å². The highest BCUT2D eigenvalue weighted by atomic mass is 19.1. The predicted octanol–water partition coefficient (Wildman–Crippen LogP) is 3.95. The fourth-order valence-corrected chi connectivity index (χ4v) is 3.25. The van der Waals surface area contributed by atoms with Gasteiger partial charge in [0.15, 0.2) is 0 Å². The zero-order valence-corrected chi connectivity index (χ0v) is 11.9. The second kappa shape index (κ2) is 5.49. The minimum absolute atomic E-state index is 0.288. The Morgan fingerprint density at radius 3 is 3.05 bits per heavy atom. The molecule has 0 aliphatic carbocycles. The van der Waals surface area contributed by atoms with Crippen molar-refractivity contribution in [3.63, 3.8) is 0 Å². The van der Waals surface area contributed by atoms with Crippen molar-refractivity contribution in [3.8, 4) is 0 Å². The monoisotopic (exact) mass is 272 g/mol. The molecule has 3 rings (SSSR count). The van der Waals surface area contributed by atoms with E-state index in [1.165, 1.54) is 12.8 Å². The lowest BCUT2D eigenvalue weighted by Gasteiger charge is -2.30. The van der Waals surface area contributed by atoms with Gasteiger partial charge >= 0.3 is 0 Å². The van der Waals surface area contributed by atoms with Crippen molar-refractivity contribution in [2.75, 3.05) is 6.54 Å². The summed E-state index contributed by atoms with van der Waals surface area (Å²) in [5.41, 5.74) is -0.527. The van der Waals surface area contributed by atoms with E-state index in [2.05, 4.69) is 10.3 Å². The van der Waals surface area contributed by atoms with E-state index in [1.54, 1.807) is 19.3 Å². The minimum Gasteiger partial charge on any atom is -0.314 e. The molecule has 2 aromatic rings. The number of piperidine rings is 1. The first-order valence-corrected chi connectivity index (χ1v) is 7.42. The number of nitrogens with zero attached hydrogens (tertiary/aromatic N) is 1. The van der Waals surface area contributed by atoms with Crippen molar-refractivity contribution in [3.05, 3.63) is 42.2 Å². The molecule has 0 bridgehead atoms. The molecule has 1 aromatic heterocycles. The molecule has 1 aliphatic heterocycles. The number of fused-ring (bicyclic) bond motifs is 1. The first-order valence-electron chi connectivity index (χ1n) is 7.42. The van der Waals surface area contributed by atoms with E-state index in [1.807, 2.05) is 24.3 Å². The molecule has 1 saturated heterocycles. The van der Waals surface area contributed by atoms with E-state index in [0.717, 1.165) is 29.3 Å². The summed E-state index contributed by atoms with van der Waals surface area (Å²) in [5, 5.41) is 5.42. The molecule has 0 saturated carbocycles. The van der Waals surface area contributed by atoms with Gasteiger partial charge in [-0.25, -0.2) is 4.39 Å². The van der Waals surface area contributed by atoms with Gasteiger partial charge in [-0.15, -0.1) is 0 Å². The molecule has 1 N–H and O–H groups in total. The molecule has 1 aliphatic rings. The summed E-state index contributed by atoms with van der Waals surface area (Å²) in [6, 6.07) is 8.02. The normalized spacial score (nSPS) is 22.6. The summed E-state index contributed by atoms with van der Waals surface area (Å²) in [7, 11) is 0. The molecule has 1 aromatic carbocycles. The zero-order valence-electron chi connectivity index (χ0n) is 11.9. The quantitative estimate of drug-likeness (QED) is 0.915. The highest BCUT2D eigenvalue weighted by Gasteiger charge is 2.31. The molecule has 0 spiro atoms. The first kappa shape index (κ1) is 13.5. The zero-order chi connectivity index (χ0) is 14.0. The van der Waals surface area contributed by atoms with Crippen LogP contribution in [-0.4, -0.2) is 17.6 Å². The summed E-state index contributed by atoms with van der Waals surface area (Å²) < 4.78 is 15.3. The van der Waals surface area contributed by atoms with Gasteiger partial charge in [0.1, 0.15) is 5.67 Å². The number of rotatable bonds is 3. The van der Waals surface area contributed by atoms with Crippen molar-refractivity contribution in [1.29, 1.82) is 0 Å². The van der Waals surface area contributed by atoms with Gasteiger partial charge in [0.2, 0.25) is 0 Å². The SMILES string of the molecule is CC(F)(CC1CCCCN1)c1cccc2cnccc12. The van der Waals surface area contributed by atoms with Gasteiger partial charge in [-0.2, -0.15) is 0 Å². The standard InChI is InChI=1S/C17H21FN2/c1-17(18,11-14-6-2-3-9-20-14)16-7-4-5-13-12-19-10-8-15(13)16/h4-5,7-8,10,12,14,20H,2-3,6,9,11H2,1H3. The lowest BCUT2D eigenvalue weighted by molar-refractivity contribution is 0.148. The molecule has 2 heterocycles. The van der Waals surface area contributed by atoms with Crippen LogP contribution in [0.1, 0.15) is 38.2 Å². The second-order valence-corrected chi connectivity index (χ2v) is 5.95. The average molecular weight is 272 g/mol. The van der Waals surface area contributed by atoms with Crippen LogP contribution in [0.25, 0.3) is 10.8 Å². The van der Waals surface area contributed by atoms with Crippen LogP contribution in [0.5, 0.6) is 0 Å². The van der Waals surface area contributed by atoms with Crippen molar-refractivity contribution >= 4 is 10.8 Å². The highest BCUT2D eigenvalue weighted by molar-refractivity contribution is 5.85. The molecular formula is C17H21FN2. The number of hydrogen-bond acceptors (Lipinski definition) is 2. The maximum Gasteiger partial charge on any atom is 0.135 e. The Labute approximate surface area is 119 Å². The van der Waals surface area contributed by atoms with E-state index >= 15 is 4.39 Å². The van der Waals surface area contributed by atoms with Crippen LogP contribution in [0.2, 0.25) is 0 Å². The van der Waals surface area contributed by atoms with E-state index in [-0.39, 0.29) is 6.04 Å². The van der Waals surface area contributed by atoms with E-state index in [9.17, 15) is 0 Å². The third-order valence-corrected chi connectivity index (χ3v) is 4.28. The molecular weight excluding hydrogens is 251 g/mol. The van der Waals surface area contributed by atoms with E-state index < -0.39 is 5.67 Å². The van der Waals surface area contributed by atoms with Gasteiger partial charge in [-0.05, 0) is 43.3 Å². The number of aromatic nitrogens is 1. The van der Waals surface area contributed by atoms with Crippen LogP contribution in [-0.2, 0) is 5.67 Å². The molecule has 0 radical (unpaired) electrons. The van der Waals surface area contributed by atoms with Crippen molar-refractivity contribution in [2.24, 2.45) is 0 Å². The summed E-state index contributed by atoms with van der Waals surface area (Å²) in [5.74, 6) is 0. The van der Waals surface area contributed by atoms with E-state index in [0.29, 0.717) is 6.42 Å². The molecule has 1 fully saturated rings. The Bertz CT molecular complexity index is 583. The molecule has 2 unspecified atom stereocenters. The van der Waals surface area contributed by atoms with Gasteiger partial charge in [0.25, 0.3) is 0 Å². The second-order valence-electron chi connectivity index (χ2n) is 5.95. The van der Waals surface area contributed by atoms with Crippen LogP contribution >= 0.6 is 0 Å².